The Kier molecular flexibility index (Phi) is 4.00. The van der Waals surface area contributed by atoms with Gasteiger partial charge in [0.25, 0.3) is 5.91 Å². The van der Waals surface area contributed by atoms with Crippen molar-refractivity contribution in [2.75, 3.05) is 6.54 Å². The zero-order chi connectivity index (χ0) is 15.8. The maximum Gasteiger partial charge on any atom is 0.325 e. The van der Waals surface area contributed by atoms with Crippen LogP contribution in [-0.2, 0) is 4.79 Å². The first-order valence-corrected chi connectivity index (χ1v) is 6.84. The fourth-order valence-corrected chi connectivity index (χ4v) is 2.29. The number of benzene rings is 1. The molecule has 5 nitrogen and oxygen atoms in total. The molecule has 1 aliphatic heterocycles. The Hall–Kier alpha value is -1.95. The Labute approximate surface area is 122 Å². The summed E-state index contributed by atoms with van der Waals surface area (Å²) in [6.07, 6.45) is -1.25. The minimum absolute atomic E-state index is 0.0660. The van der Waals surface area contributed by atoms with Crippen molar-refractivity contribution >= 4 is 11.9 Å². The third-order valence-corrected chi connectivity index (χ3v) is 4.08. The van der Waals surface area contributed by atoms with E-state index >= 15 is 0 Å². The molecule has 114 valence electrons. The Morgan fingerprint density at radius 2 is 1.95 bits per heavy atom. The molecular formula is C15H19FN2O3. The maximum absolute atomic E-state index is 13.6. The third kappa shape index (κ3) is 2.63. The van der Waals surface area contributed by atoms with Gasteiger partial charge in [0.15, 0.2) is 0 Å². The summed E-state index contributed by atoms with van der Waals surface area (Å²) in [5.74, 6) is -1.06. The van der Waals surface area contributed by atoms with Crippen LogP contribution in [0.2, 0.25) is 0 Å². The molecule has 1 aromatic rings. The summed E-state index contributed by atoms with van der Waals surface area (Å²) in [5, 5.41) is 12.7. The molecule has 0 aliphatic carbocycles. The van der Waals surface area contributed by atoms with E-state index in [-0.39, 0.29) is 18.0 Å². The third-order valence-electron chi connectivity index (χ3n) is 4.08. The number of urea groups is 1. The number of hydrogen-bond acceptors (Lipinski definition) is 3. The second kappa shape index (κ2) is 5.44. The van der Waals surface area contributed by atoms with Crippen molar-refractivity contribution < 1.29 is 19.1 Å². The van der Waals surface area contributed by atoms with Gasteiger partial charge in [0.2, 0.25) is 0 Å². The molecule has 1 heterocycles. The number of carbonyl (C=O) groups excluding carboxylic acids is 2. The number of nitrogens with zero attached hydrogens (tertiary/aromatic N) is 1. The van der Waals surface area contributed by atoms with Crippen molar-refractivity contribution in [1.29, 1.82) is 0 Å². The van der Waals surface area contributed by atoms with Crippen LogP contribution in [0.5, 0.6) is 0 Å². The fraction of sp³-hybridized carbons (Fsp3) is 0.467. The topological polar surface area (TPSA) is 69.6 Å². The van der Waals surface area contributed by atoms with Crippen molar-refractivity contribution in [1.82, 2.24) is 10.2 Å². The molecule has 0 spiro atoms. The quantitative estimate of drug-likeness (QED) is 0.832. The van der Waals surface area contributed by atoms with E-state index in [1.54, 1.807) is 13.0 Å². The van der Waals surface area contributed by atoms with Crippen molar-refractivity contribution in [3.05, 3.63) is 35.6 Å². The molecule has 2 N–H and O–H groups in total. The van der Waals surface area contributed by atoms with Gasteiger partial charge in [0.1, 0.15) is 11.4 Å². The van der Waals surface area contributed by atoms with Gasteiger partial charge in [-0.1, -0.05) is 32.0 Å². The highest BCUT2D eigenvalue weighted by molar-refractivity contribution is 6.07. The summed E-state index contributed by atoms with van der Waals surface area (Å²) in [6, 6.07) is 5.19. The number of nitrogens with one attached hydrogen (secondary N) is 1. The maximum atomic E-state index is 13.6. The molecule has 2 atom stereocenters. The van der Waals surface area contributed by atoms with Crippen LogP contribution in [-0.4, -0.2) is 34.0 Å². The largest absolute Gasteiger partial charge is 0.386 e. The minimum Gasteiger partial charge on any atom is -0.386 e. The van der Waals surface area contributed by atoms with Gasteiger partial charge in [-0.2, -0.15) is 0 Å². The van der Waals surface area contributed by atoms with Crippen LogP contribution in [0, 0.1) is 11.7 Å². The summed E-state index contributed by atoms with van der Waals surface area (Å²) in [4.78, 5) is 25.3. The number of rotatable bonds is 4. The molecule has 0 unspecified atom stereocenters. The second-order valence-electron chi connectivity index (χ2n) is 5.74. The van der Waals surface area contributed by atoms with Gasteiger partial charge in [-0.25, -0.2) is 9.18 Å². The lowest BCUT2D eigenvalue weighted by Crippen LogP contribution is -2.48. The number of halogens is 1. The molecule has 0 aromatic heterocycles. The normalized spacial score (nSPS) is 23.6. The van der Waals surface area contributed by atoms with Crippen LogP contribution in [0.1, 0.15) is 32.4 Å². The summed E-state index contributed by atoms with van der Waals surface area (Å²) in [6.45, 7) is 5.03. The minimum atomic E-state index is -1.25. The Balaban J connectivity index is 2.19. The van der Waals surface area contributed by atoms with Crippen LogP contribution in [0.15, 0.2) is 24.3 Å². The van der Waals surface area contributed by atoms with Crippen LogP contribution < -0.4 is 5.32 Å². The van der Waals surface area contributed by atoms with Gasteiger partial charge in [-0.05, 0) is 18.9 Å². The predicted octanol–water partition coefficient (Wildman–Crippen LogP) is 1.83. The van der Waals surface area contributed by atoms with Crippen LogP contribution in [0.4, 0.5) is 9.18 Å². The number of carbonyl (C=O) groups is 2. The van der Waals surface area contributed by atoms with Gasteiger partial charge >= 0.3 is 6.03 Å². The highest BCUT2D eigenvalue weighted by atomic mass is 19.1. The average molecular weight is 294 g/mol. The summed E-state index contributed by atoms with van der Waals surface area (Å²) in [7, 11) is 0. The zero-order valence-corrected chi connectivity index (χ0v) is 12.3. The number of β-amino-alcohol motifs (C(OH)–C–C–N with tert-alkyl or cyclic N) is 1. The highest BCUT2D eigenvalue weighted by Gasteiger charge is 2.50. The van der Waals surface area contributed by atoms with Gasteiger partial charge in [0, 0.05) is 5.56 Å². The van der Waals surface area contributed by atoms with Crippen molar-refractivity contribution in [2.45, 2.75) is 32.4 Å². The van der Waals surface area contributed by atoms with Crippen LogP contribution in [0.3, 0.4) is 0 Å². The highest BCUT2D eigenvalue weighted by Crippen LogP contribution is 2.27. The number of imide groups is 1. The van der Waals surface area contributed by atoms with Crippen molar-refractivity contribution in [3.63, 3.8) is 0 Å². The summed E-state index contributed by atoms with van der Waals surface area (Å²) >= 11 is 0. The molecule has 1 saturated heterocycles. The Bertz CT molecular complexity index is 576. The van der Waals surface area contributed by atoms with E-state index in [0.717, 1.165) is 4.90 Å². The van der Waals surface area contributed by atoms with E-state index in [1.165, 1.54) is 18.2 Å². The van der Waals surface area contributed by atoms with Crippen LogP contribution in [0.25, 0.3) is 0 Å². The van der Waals surface area contributed by atoms with E-state index in [1.807, 2.05) is 13.8 Å². The molecule has 1 aliphatic rings. The predicted molar refractivity (Wildman–Crippen MR) is 74.8 cm³/mol. The lowest BCUT2D eigenvalue weighted by molar-refractivity contribution is -0.133. The molecule has 21 heavy (non-hydrogen) atoms. The molecular weight excluding hydrogens is 275 g/mol. The lowest BCUT2D eigenvalue weighted by Gasteiger charge is -2.26. The van der Waals surface area contributed by atoms with Crippen molar-refractivity contribution in [2.24, 2.45) is 5.92 Å². The standard InChI is InChI=1S/C15H19FN2O3/c1-9(2)15(3)13(20)18(14(21)17-15)8-12(19)10-6-4-5-7-11(10)16/h4-7,9,12,19H,8H2,1-3H3,(H,17,21)/t12-,15-/m1/s1. The Morgan fingerprint density at radius 3 is 2.48 bits per heavy atom. The fourth-order valence-electron chi connectivity index (χ4n) is 2.29. The monoisotopic (exact) mass is 294 g/mol. The van der Waals surface area contributed by atoms with Gasteiger partial charge in [0.05, 0.1) is 12.6 Å². The van der Waals surface area contributed by atoms with Gasteiger partial charge in [-0.3, -0.25) is 9.69 Å². The molecule has 0 radical (unpaired) electrons. The smallest absolute Gasteiger partial charge is 0.325 e. The zero-order valence-electron chi connectivity index (χ0n) is 12.3. The molecule has 0 saturated carbocycles. The number of aliphatic hydroxyl groups is 1. The van der Waals surface area contributed by atoms with Gasteiger partial charge in [-0.15, -0.1) is 0 Å². The SMILES string of the molecule is CC(C)[C@@]1(C)NC(=O)N(C[C@@H](O)c2ccccc2F)C1=O. The number of aliphatic hydroxyl groups excluding tert-OH is 1. The molecule has 3 amide bonds. The molecule has 1 fully saturated rings. The second-order valence-corrected chi connectivity index (χ2v) is 5.74. The number of amides is 3. The van der Waals surface area contributed by atoms with Gasteiger partial charge < -0.3 is 10.4 Å². The van der Waals surface area contributed by atoms with Crippen LogP contribution >= 0.6 is 0 Å². The van der Waals surface area contributed by atoms with E-state index in [2.05, 4.69) is 5.32 Å². The van der Waals surface area contributed by atoms with E-state index in [4.69, 9.17) is 0 Å². The molecule has 0 bridgehead atoms. The molecule has 2 rings (SSSR count). The van der Waals surface area contributed by atoms with E-state index in [0.29, 0.717) is 0 Å². The first kappa shape index (κ1) is 15.4. The first-order chi connectivity index (χ1) is 9.77. The number of hydrogen-bond donors (Lipinski definition) is 2. The summed E-state index contributed by atoms with van der Waals surface area (Å²) in [5.41, 5.74) is -0.928. The Morgan fingerprint density at radius 1 is 1.33 bits per heavy atom. The van der Waals surface area contributed by atoms with Crippen molar-refractivity contribution in [3.8, 4) is 0 Å². The van der Waals surface area contributed by atoms with E-state index in [9.17, 15) is 19.1 Å². The van der Waals surface area contributed by atoms with E-state index < -0.39 is 29.4 Å². The summed E-state index contributed by atoms with van der Waals surface area (Å²) < 4.78 is 13.6. The average Bonchev–Trinajstić information content (AvgIpc) is 2.64. The molecule has 6 heteroatoms. The lowest BCUT2D eigenvalue weighted by atomic mass is 9.88. The first-order valence-electron chi connectivity index (χ1n) is 6.84. The molecule has 1 aromatic carbocycles.